The lowest BCUT2D eigenvalue weighted by Crippen LogP contribution is -2.29. The van der Waals surface area contributed by atoms with Crippen molar-refractivity contribution in [3.05, 3.63) is 83.7 Å². The van der Waals surface area contributed by atoms with E-state index in [1.54, 1.807) is 24.3 Å². The molecular formula is C27H24F5N5. The molecule has 5 rings (SSSR count). The van der Waals surface area contributed by atoms with E-state index >= 15 is 0 Å². The molecule has 3 heterocycles. The fraction of sp³-hybridized carbons (Fsp3) is 0.259. The molecule has 0 spiro atoms. The third-order valence-corrected chi connectivity index (χ3v) is 6.47. The Morgan fingerprint density at radius 2 is 1.81 bits per heavy atom. The van der Waals surface area contributed by atoms with Gasteiger partial charge in [-0.05, 0) is 73.5 Å². The average molecular weight is 514 g/mol. The number of aromatic amines is 1. The predicted octanol–water partition coefficient (Wildman–Crippen LogP) is 6.99. The van der Waals surface area contributed by atoms with Crippen LogP contribution in [0.3, 0.4) is 0 Å². The number of hydrogen-bond donors (Lipinski definition) is 2. The highest BCUT2D eigenvalue weighted by Gasteiger charge is 2.30. The topological polar surface area (TPSA) is 56.8 Å². The first kappa shape index (κ1) is 24.9. The number of pyridine rings is 1. The van der Waals surface area contributed by atoms with Gasteiger partial charge in [0.1, 0.15) is 11.5 Å². The lowest BCUT2D eigenvalue weighted by molar-refractivity contribution is -0.137. The molecule has 0 bridgehead atoms. The van der Waals surface area contributed by atoms with Crippen LogP contribution in [-0.2, 0) is 12.7 Å². The Morgan fingerprint density at radius 3 is 2.51 bits per heavy atom. The number of anilines is 1. The van der Waals surface area contributed by atoms with Crippen molar-refractivity contribution >= 4 is 22.4 Å². The van der Waals surface area contributed by atoms with Crippen LogP contribution in [0.15, 0.2) is 55.2 Å². The first-order valence-corrected chi connectivity index (χ1v) is 11.9. The van der Waals surface area contributed by atoms with Gasteiger partial charge in [-0.2, -0.15) is 18.3 Å². The van der Waals surface area contributed by atoms with E-state index < -0.39 is 23.4 Å². The van der Waals surface area contributed by atoms with Crippen LogP contribution in [0.25, 0.3) is 27.7 Å². The number of aromatic nitrogens is 3. The lowest BCUT2D eigenvalue weighted by atomic mass is 9.99. The van der Waals surface area contributed by atoms with Gasteiger partial charge in [0.25, 0.3) is 0 Å². The quantitative estimate of drug-likeness (QED) is 0.273. The Kier molecular flexibility index (Phi) is 6.68. The van der Waals surface area contributed by atoms with Gasteiger partial charge < -0.3 is 5.32 Å². The Balaban J connectivity index is 1.43. The molecule has 1 aliphatic heterocycles. The van der Waals surface area contributed by atoms with E-state index in [0.717, 1.165) is 38.2 Å². The zero-order valence-corrected chi connectivity index (χ0v) is 19.8. The van der Waals surface area contributed by atoms with Crippen LogP contribution in [0.1, 0.15) is 36.1 Å². The third kappa shape index (κ3) is 5.34. The summed E-state index contributed by atoms with van der Waals surface area (Å²) in [6.45, 7) is 6.34. The summed E-state index contributed by atoms with van der Waals surface area (Å²) in [6, 6.07) is 10.1. The van der Waals surface area contributed by atoms with Crippen molar-refractivity contribution in [1.82, 2.24) is 20.1 Å². The van der Waals surface area contributed by atoms with Gasteiger partial charge in [-0.15, -0.1) is 0 Å². The van der Waals surface area contributed by atoms with E-state index in [-0.39, 0.29) is 17.1 Å². The number of halogens is 5. The van der Waals surface area contributed by atoms with Crippen LogP contribution in [-0.4, -0.2) is 33.2 Å². The maximum Gasteiger partial charge on any atom is 0.417 e. The summed E-state index contributed by atoms with van der Waals surface area (Å²) in [4.78, 5) is 6.03. The zero-order chi connectivity index (χ0) is 26.2. The summed E-state index contributed by atoms with van der Waals surface area (Å²) in [5, 5.41) is 10.5. The highest BCUT2D eigenvalue weighted by molar-refractivity contribution is 5.94. The molecule has 5 nitrogen and oxygen atoms in total. The maximum atomic E-state index is 14.9. The van der Waals surface area contributed by atoms with Gasteiger partial charge in [0, 0.05) is 23.7 Å². The number of nitrogens with zero attached hydrogens (tertiary/aromatic N) is 3. The van der Waals surface area contributed by atoms with Gasteiger partial charge in [-0.3, -0.25) is 10.00 Å². The molecular weight excluding hydrogens is 489 g/mol. The van der Waals surface area contributed by atoms with Crippen molar-refractivity contribution in [2.75, 3.05) is 18.4 Å². The fourth-order valence-corrected chi connectivity index (χ4v) is 4.58. The maximum absolute atomic E-state index is 14.9. The molecule has 0 unspecified atom stereocenters. The lowest BCUT2D eigenvalue weighted by Gasteiger charge is -2.26. The van der Waals surface area contributed by atoms with Crippen LogP contribution in [0.5, 0.6) is 0 Å². The summed E-state index contributed by atoms with van der Waals surface area (Å²) < 4.78 is 67.9. The summed E-state index contributed by atoms with van der Waals surface area (Å²) in [7, 11) is 0. The highest BCUT2D eigenvalue weighted by Crippen LogP contribution is 2.33. The van der Waals surface area contributed by atoms with E-state index in [1.165, 1.54) is 18.6 Å². The Morgan fingerprint density at radius 1 is 1.03 bits per heavy atom. The van der Waals surface area contributed by atoms with Crippen molar-refractivity contribution in [3.8, 4) is 11.1 Å². The van der Waals surface area contributed by atoms with Gasteiger partial charge >= 0.3 is 6.18 Å². The van der Waals surface area contributed by atoms with Crippen molar-refractivity contribution in [2.45, 2.75) is 32.0 Å². The minimum Gasteiger partial charge on any atom is -0.339 e. The van der Waals surface area contributed by atoms with Crippen LogP contribution in [0.2, 0.25) is 0 Å². The van der Waals surface area contributed by atoms with Crippen molar-refractivity contribution in [3.63, 3.8) is 0 Å². The molecule has 0 atom stereocenters. The van der Waals surface area contributed by atoms with Gasteiger partial charge in [-0.25, -0.2) is 13.8 Å². The number of nitrogens with one attached hydrogen (secondary N) is 2. The number of benzene rings is 2. The summed E-state index contributed by atoms with van der Waals surface area (Å²) in [5.74, 6) is -1.68. The molecule has 4 aromatic rings. The second kappa shape index (κ2) is 9.93. The first-order chi connectivity index (χ1) is 17.7. The molecule has 192 valence electrons. The SMILES string of the molecule is C=C(Nc1ccc(C(F)(F)F)cn1)c1n[nH]c2ccc(-c3cc(CN4CCCCC4)cc(F)c3F)cc12. The molecule has 0 amide bonds. The van der Waals surface area contributed by atoms with Crippen LogP contribution < -0.4 is 5.32 Å². The van der Waals surface area contributed by atoms with Gasteiger partial charge in [0.05, 0.1) is 16.8 Å². The predicted molar refractivity (Wildman–Crippen MR) is 132 cm³/mol. The zero-order valence-electron chi connectivity index (χ0n) is 19.8. The van der Waals surface area contributed by atoms with Crippen molar-refractivity contribution in [1.29, 1.82) is 0 Å². The normalized spacial score (nSPS) is 14.7. The van der Waals surface area contributed by atoms with E-state index in [9.17, 15) is 22.0 Å². The van der Waals surface area contributed by atoms with Gasteiger partial charge in [0.2, 0.25) is 0 Å². The Hall–Kier alpha value is -3.79. The largest absolute Gasteiger partial charge is 0.417 e. The number of H-pyrrole nitrogens is 1. The number of hydrogen-bond acceptors (Lipinski definition) is 4. The second-order valence-corrected chi connectivity index (χ2v) is 9.14. The third-order valence-electron chi connectivity index (χ3n) is 6.47. The minimum absolute atomic E-state index is 0.143. The molecule has 2 aromatic carbocycles. The molecule has 0 aliphatic carbocycles. The first-order valence-electron chi connectivity index (χ1n) is 11.9. The minimum atomic E-state index is -4.49. The Bertz CT molecular complexity index is 1440. The number of rotatable bonds is 6. The van der Waals surface area contributed by atoms with E-state index in [1.807, 2.05) is 0 Å². The number of likely N-dealkylation sites (tertiary alicyclic amines) is 1. The fourth-order valence-electron chi connectivity index (χ4n) is 4.58. The van der Waals surface area contributed by atoms with E-state index in [2.05, 4.69) is 32.0 Å². The van der Waals surface area contributed by atoms with Crippen molar-refractivity contribution < 1.29 is 22.0 Å². The highest BCUT2D eigenvalue weighted by atomic mass is 19.4. The average Bonchev–Trinajstić information content (AvgIpc) is 3.30. The molecule has 1 aliphatic rings. The van der Waals surface area contributed by atoms with Gasteiger partial charge in [0.15, 0.2) is 11.6 Å². The molecule has 0 radical (unpaired) electrons. The van der Waals surface area contributed by atoms with Crippen LogP contribution in [0.4, 0.5) is 27.8 Å². The number of fused-ring (bicyclic) bond motifs is 1. The molecule has 1 saturated heterocycles. The monoisotopic (exact) mass is 513 g/mol. The van der Waals surface area contributed by atoms with Gasteiger partial charge in [-0.1, -0.05) is 19.1 Å². The van der Waals surface area contributed by atoms with Crippen LogP contribution in [0, 0.1) is 11.6 Å². The number of alkyl halides is 3. The number of piperidine rings is 1. The second-order valence-electron chi connectivity index (χ2n) is 9.14. The summed E-state index contributed by atoms with van der Waals surface area (Å²) in [6.07, 6.45) is -0.393. The molecule has 2 aromatic heterocycles. The van der Waals surface area contributed by atoms with Crippen LogP contribution >= 0.6 is 0 Å². The standard InChI is InChI=1S/C27H24F5N5/c1-16(34-24-8-6-19(14-33-24)27(30,31)32)26-21-13-18(5-7-23(21)35-36-26)20-11-17(12-22(28)25(20)29)15-37-9-3-2-4-10-37/h5-8,11-14H,1-4,9-10,15H2,(H,33,34)(H,35,36). The van der Waals surface area contributed by atoms with E-state index in [4.69, 9.17) is 0 Å². The molecule has 10 heteroatoms. The summed E-state index contributed by atoms with van der Waals surface area (Å²) >= 11 is 0. The summed E-state index contributed by atoms with van der Waals surface area (Å²) in [5.41, 5.74) is 1.73. The molecule has 1 fully saturated rings. The molecule has 2 N–H and O–H groups in total. The van der Waals surface area contributed by atoms with E-state index in [0.29, 0.717) is 34.3 Å². The molecule has 0 saturated carbocycles. The smallest absolute Gasteiger partial charge is 0.339 e. The Labute approximate surface area is 210 Å². The van der Waals surface area contributed by atoms with Crippen molar-refractivity contribution in [2.24, 2.45) is 0 Å². The molecule has 37 heavy (non-hydrogen) atoms.